The Morgan fingerprint density at radius 1 is 1.11 bits per heavy atom. The minimum absolute atomic E-state index is 0.0167. The summed E-state index contributed by atoms with van der Waals surface area (Å²) in [7, 11) is -3.27. The van der Waals surface area contributed by atoms with E-state index in [9.17, 15) is 9.36 Å². The number of allylic oxidation sites excluding steroid dienone is 1. The van der Waals surface area contributed by atoms with Gasteiger partial charge in [0.15, 0.2) is 5.78 Å². The summed E-state index contributed by atoms with van der Waals surface area (Å²) in [6.45, 7) is 7.97. The van der Waals surface area contributed by atoms with Gasteiger partial charge in [-0.25, -0.2) is 0 Å². The highest BCUT2D eigenvalue weighted by molar-refractivity contribution is 7.57. The summed E-state index contributed by atoms with van der Waals surface area (Å²) in [4.78, 5) is 11.8. The summed E-state index contributed by atoms with van der Waals surface area (Å²) >= 11 is 0. The quantitative estimate of drug-likeness (QED) is 0.441. The molecule has 0 aromatic heterocycles. The van der Waals surface area contributed by atoms with E-state index < -0.39 is 7.60 Å². The lowest BCUT2D eigenvalue weighted by atomic mass is 10.1. The molecule has 106 valence electrons. The number of carbonyl (C=O) groups excluding carboxylic acids is 1. The molecule has 18 heavy (non-hydrogen) atoms. The molecular weight excluding hydrogens is 251 g/mol. The van der Waals surface area contributed by atoms with Crippen LogP contribution >= 0.6 is 7.60 Å². The van der Waals surface area contributed by atoms with Gasteiger partial charge in [-0.1, -0.05) is 20.3 Å². The molecule has 0 saturated carbocycles. The predicted octanol–water partition coefficient (Wildman–Crippen LogP) is 4.31. The molecule has 0 rings (SSSR count). The van der Waals surface area contributed by atoms with E-state index in [0.29, 0.717) is 31.6 Å². The van der Waals surface area contributed by atoms with Gasteiger partial charge in [-0.05, 0) is 26.7 Å². The third kappa shape index (κ3) is 6.48. The van der Waals surface area contributed by atoms with Gasteiger partial charge < -0.3 is 9.05 Å². The van der Waals surface area contributed by atoms with E-state index in [2.05, 4.69) is 6.92 Å². The number of Topliss-reactive ketones (excluding diaryl/α,β-unsaturated/α-hetero) is 1. The Kier molecular flexibility index (Phi) is 9.25. The molecule has 5 heteroatoms. The third-order valence-corrected chi connectivity index (χ3v) is 4.28. The molecule has 0 fully saturated rings. The Morgan fingerprint density at radius 2 is 1.67 bits per heavy atom. The van der Waals surface area contributed by atoms with Crippen LogP contribution in [-0.2, 0) is 18.4 Å². The van der Waals surface area contributed by atoms with Crippen molar-refractivity contribution in [2.45, 2.75) is 53.4 Å². The van der Waals surface area contributed by atoms with Crippen molar-refractivity contribution in [3.8, 4) is 0 Å². The molecule has 0 atom stereocenters. The number of hydrogen-bond donors (Lipinski definition) is 0. The number of carbonyl (C=O) groups is 1. The van der Waals surface area contributed by atoms with Crippen molar-refractivity contribution in [3.05, 3.63) is 11.4 Å². The Morgan fingerprint density at radius 3 is 2.06 bits per heavy atom. The molecule has 0 aromatic rings. The Labute approximate surface area is 110 Å². The molecule has 0 N–H and O–H groups in total. The molecule has 0 aliphatic rings. The number of hydrogen-bond acceptors (Lipinski definition) is 4. The van der Waals surface area contributed by atoms with Gasteiger partial charge in [0, 0.05) is 17.8 Å². The normalized spacial score (nSPS) is 12.8. The molecule has 0 bridgehead atoms. The molecule has 0 radical (unpaired) electrons. The van der Waals surface area contributed by atoms with E-state index in [4.69, 9.17) is 9.05 Å². The maximum absolute atomic E-state index is 12.3. The lowest BCUT2D eigenvalue weighted by Crippen LogP contribution is -2.03. The van der Waals surface area contributed by atoms with Crippen LogP contribution in [-0.4, -0.2) is 19.0 Å². The first-order chi connectivity index (χ1) is 8.52. The zero-order valence-corrected chi connectivity index (χ0v) is 12.8. The molecule has 0 unspecified atom stereocenters. The van der Waals surface area contributed by atoms with Gasteiger partial charge in [0.05, 0.1) is 13.2 Å². The number of unbranched alkanes of at least 4 members (excludes halogenated alkanes) is 1. The number of ketones is 1. The molecule has 0 amide bonds. The predicted molar refractivity (Wildman–Crippen MR) is 73.8 cm³/mol. The molecule has 0 saturated heterocycles. The van der Waals surface area contributed by atoms with Gasteiger partial charge in [0.1, 0.15) is 0 Å². The molecule has 0 aliphatic carbocycles. The summed E-state index contributed by atoms with van der Waals surface area (Å²) in [5.74, 6) is 1.43. The number of rotatable bonds is 10. The van der Waals surface area contributed by atoms with E-state index in [1.54, 1.807) is 20.8 Å². The van der Waals surface area contributed by atoms with Crippen LogP contribution in [0.2, 0.25) is 0 Å². The van der Waals surface area contributed by atoms with Crippen molar-refractivity contribution in [2.24, 2.45) is 0 Å². The molecule has 0 heterocycles. The van der Waals surface area contributed by atoms with Crippen LogP contribution in [0, 0.1) is 0 Å². The van der Waals surface area contributed by atoms with Gasteiger partial charge >= 0.3 is 7.60 Å². The first-order valence-electron chi connectivity index (χ1n) is 6.66. The van der Waals surface area contributed by atoms with Gasteiger partial charge in [0.2, 0.25) is 0 Å². The minimum atomic E-state index is -3.27. The third-order valence-electron chi connectivity index (χ3n) is 2.41. The van der Waals surface area contributed by atoms with Crippen molar-refractivity contribution in [3.63, 3.8) is 0 Å². The monoisotopic (exact) mass is 276 g/mol. The second-order valence-electron chi connectivity index (χ2n) is 3.91. The molecule has 4 nitrogen and oxygen atoms in total. The fraction of sp³-hybridized carbons (Fsp3) is 0.769. The van der Waals surface area contributed by atoms with E-state index in [1.807, 2.05) is 0 Å². The van der Waals surface area contributed by atoms with Gasteiger partial charge in [-0.15, -0.1) is 0 Å². The van der Waals surface area contributed by atoms with Crippen LogP contribution in [0.1, 0.15) is 53.4 Å². The fourth-order valence-corrected chi connectivity index (χ4v) is 3.13. The highest BCUT2D eigenvalue weighted by Gasteiger charge is 2.23. The fourth-order valence-electron chi connectivity index (χ4n) is 1.53. The Hall–Kier alpha value is -0.440. The van der Waals surface area contributed by atoms with Crippen molar-refractivity contribution in [1.82, 2.24) is 0 Å². The van der Waals surface area contributed by atoms with E-state index in [0.717, 1.165) is 12.8 Å². The lowest BCUT2D eigenvalue weighted by Gasteiger charge is -2.15. The standard InChI is InChI=1S/C13H25O4P/c1-5-9-10-12(13(14)6-2)11-18(15,16-7-3)17-8-4/h11H,5-10H2,1-4H3/b12-11+. The zero-order valence-electron chi connectivity index (χ0n) is 11.9. The summed E-state index contributed by atoms with van der Waals surface area (Å²) in [6, 6.07) is 0. The van der Waals surface area contributed by atoms with Crippen molar-refractivity contribution in [1.29, 1.82) is 0 Å². The summed E-state index contributed by atoms with van der Waals surface area (Å²) in [5.41, 5.74) is 0.574. The largest absolute Gasteiger partial charge is 0.354 e. The molecule has 0 aromatic carbocycles. The lowest BCUT2D eigenvalue weighted by molar-refractivity contribution is -0.115. The van der Waals surface area contributed by atoms with Gasteiger partial charge in [0.25, 0.3) is 0 Å². The molecule has 0 spiro atoms. The van der Waals surface area contributed by atoms with Crippen molar-refractivity contribution >= 4 is 13.4 Å². The van der Waals surface area contributed by atoms with Crippen molar-refractivity contribution < 1.29 is 18.4 Å². The van der Waals surface area contributed by atoms with Crippen LogP contribution in [0.15, 0.2) is 11.4 Å². The van der Waals surface area contributed by atoms with E-state index in [-0.39, 0.29) is 5.78 Å². The SMILES string of the molecule is CCCC/C(=C\P(=O)(OCC)OCC)C(=O)CC. The minimum Gasteiger partial charge on any atom is -0.306 e. The van der Waals surface area contributed by atoms with Crippen LogP contribution in [0.5, 0.6) is 0 Å². The first-order valence-corrected chi connectivity index (χ1v) is 8.27. The van der Waals surface area contributed by atoms with Crippen LogP contribution in [0.4, 0.5) is 0 Å². The van der Waals surface area contributed by atoms with Crippen LogP contribution in [0.3, 0.4) is 0 Å². The van der Waals surface area contributed by atoms with E-state index in [1.165, 1.54) is 5.82 Å². The summed E-state index contributed by atoms with van der Waals surface area (Å²) < 4.78 is 22.7. The van der Waals surface area contributed by atoms with Gasteiger partial charge in [-0.3, -0.25) is 9.36 Å². The highest BCUT2D eigenvalue weighted by Crippen LogP contribution is 2.51. The zero-order chi connectivity index (χ0) is 14.0. The smallest absolute Gasteiger partial charge is 0.306 e. The van der Waals surface area contributed by atoms with Gasteiger partial charge in [-0.2, -0.15) is 0 Å². The Balaban J connectivity index is 5.06. The maximum Gasteiger partial charge on any atom is 0.354 e. The maximum atomic E-state index is 12.3. The van der Waals surface area contributed by atoms with Crippen LogP contribution in [0.25, 0.3) is 0 Å². The second-order valence-corrected chi connectivity index (χ2v) is 5.76. The average molecular weight is 276 g/mol. The average Bonchev–Trinajstić information content (AvgIpc) is 2.34. The first kappa shape index (κ1) is 17.6. The molecular formula is C13H25O4P. The highest BCUT2D eigenvalue weighted by atomic mass is 31.2. The van der Waals surface area contributed by atoms with Crippen LogP contribution < -0.4 is 0 Å². The second kappa shape index (κ2) is 9.48. The van der Waals surface area contributed by atoms with Crippen molar-refractivity contribution in [2.75, 3.05) is 13.2 Å². The summed E-state index contributed by atoms with van der Waals surface area (Å²) in [6.07, 6.45) is 2.93. The Bertz CT molecular complexity index is 313. The molecule has 0 aliphatic heterocycles. The van der Waals surface area contributed by atoms with E-state index >= 15 is 0 Å². The summed E-state index contributed by atoms with van der Waals surface area (Å²) in [5, 5.41) is 0. The topological polar surface area (TPSA) is 52.6 Å².